The highest BCUT2D eigenvalue weighted by atomic mass is 79.9. The lowest BCUT2D eigenvalue weighted by atomic mass is 10.2. The van der Waals surface area contributed by atoms with Gasteiger partial charge in [-0.05, 0) is 33.6 Å². The number of rotatable bonds is 5. The SMILES string of the molecule is O=[N+]([O-])c1cccc(CNCc2ccccn2)c1Br. The molecule has 0 saturated heterocycles. The molecule has 0 saturated carbocycles. The van der Waals surface area contributed by atoms with Crippen LogP contribution in [-0.4, -0.2) is 9.91 Å². The summed E-state index contributed by atoms with van der Waals surface area (Å²) in [5.74, 6) is 0. The topological polar surface area (TPSA) is 68.1 Å². The molecular formula is C13H12BrN3O2. The molecule has 5 nitrogen and oxygen atoms in total. The molecule has 0 radical (unpaired) electrons. The summed E-state index contributed by atoms with van der Waals surface area (Å²) in [5, 5.41) is 14.0. The van der Waals surface area contributed by atoms with E-state index in [9.17, 15) is 10.1 Å². The van der Waals surface area contributed by atoms with Crippen LogP contribution in [0.3, 0.4) is 0 Å². The number of benzene rings is 1. The molecule has 6 heteroatoms. The quantitative estimate of drug-likeness (QED) is 0.679. The Labute approximate surface area is 119 Å². The third-order valence-electron chi connectivity index (χ3n) is 2.60. The Morgan fingerprint density at radius 1 is 1.21 bits per heavy atom. The van der Waals surface area contributed by atoms with Crippen LogP contribution in [0.5, 0.6) is 0 Å². The van der Waals surface area contributed by atoms with Gasteiger partial charge in [0.05, 0.1) is 15.1 Å². The molecule has 0 aliphatic carbocycles. The summed E-state index contributed by atoms with van der Waals surface area (Å²) in [6, 6.07) is 10.7. The first-order valence-corrected chi connectivity index (χ1v) is 6.50. The molecule has 1 heterocycles. The smallest absolute Gasteiger partial charge is 0.283 e. The van der Waals surface area contributed by atoms with E-state index in [4.69, 9.17) is 0 Å². The molecule has 1 aromatic carbocycles. The van der Waals surface area contributed by atoms with E-state index in [1.54, 1.807) is 12.3 Å². The van der Waals surface area contributed by atoms with Crippen molar-refractivity contribution in [1.82, 2.24) is 10.3 Å². The molecule has 1 N–H and O–H groups in total. The average molecular weight is 322 g/mol. The largest absolute Gasteiger partial charge is 0.307 e. The van der Waals surface area contributed by atoms with Gasteiger partial charge >= 0.3 is 0 Å². The number of halogens is 1. The van der Waals surface area contributed by atoms with E-state index >= 15 is 0 Å². The maximum absolute atomic E-state index is 10.8. The molecule has 0 aliphatic rings. The zero-order valence-corrected chi connectivity index (χ0v) is 11.6. The van der Waals surface area contributed by atoms with E-state index in [2.05, 4.69) is 26.2 Å². The first-order chi connectivity index (χ1) is 9.18. The molecule has 0 amide bonds. The minimum absolute atomic E-state index is 0.0807. The van der Waals surface area contributed by atoms with Gasteiger partial charge in [-0.3, -0.25) is 15.1 Å². The van der Waals surface area contributed by atoms with E-state index in [1.807, 2.05) is 24.3 Å². The van der Waals surface area contributed by atoms with Gasteiger partial charge < -0.3 is 5.32 Å². The molecule has 0 spiro atoms. The highest BCUT2D eigenvalue weighted by molar-refractivity contribution is 9.10. The van der Waals surface area contributed by atoms with Crippen LogP contribution in [0.25, 0.3) is 0 Å². The fourth-order valence-corrected chi connectivity index (χ4v) is 2.22. The van der Waals surface area contributed by atoms with E-state index in [0.29, 0.717) is 17.6 Å². The van der Waals surface area contributed by atoms with E-state index in [-0.39, 0.29) is 5.69 Å². The summed E-state index contributed by atoms with van der Waals surface area (Å²) in [5.41, 5.74) is 1.87. The molecule has 0 fully saturated rings. The number of aromatic nitrogens is 1. The monoisotopic (exact) mass is 321 g/mol. The molecule has 0 atom stereocenters. The van der Waals surface area contributed by atoms with Crippen molar-refractivity contribution in [3.8, 4) is 0 Å². The second kappa shape index (κ2) is 6.40. The second-order valence-corrected chi connectivity index (χ2v) is 4.72. The fourth-order valence-electron chi connectivity index (χ4n) is 1.67. The van der Waals surface area contributed by atoms with E-state index < -0.39 is 4.92 Å². The van der Waals surface area contributed by atoms with Crippen LogP contribution in [0, 0.1) is 10.1 Å². The minimum Gasteiger partial charge on any atom is -0.307 e. The Hall–Kier alpha value is -1.79. The molecule has 2 rings (SSSR count). The Bertz CT molecular complexity index is 575. The van der Waals surface area contributed by atoms with Crippen LogP contribution in [0.2, 0.25) is 0 Å². The number of nitro groups is 1. The number of nitrogens with zero attached hydrogens (tertiary/aromatic N) is 2. The van der Waals surface area contributed by atoms with Crippen LogP contribution < -0.4 is 5.32 Å². The van der Waals surface area contributed by atoms with Crippen molar-refractivity contribution in [1.29, 1.82) is 0 Å². The van der Waals surface area contributed by atoms with Gasteiger partial charge in [-0.1, -0.05) is 18.2 Å². The first-order valence-electron chi connectivity index (χ1n) is 5.71. The number of nitrogens with one attached hydrogen (secondary N) is 1. The molecule has 2 aromatic rings. The zero-order valence-electron chi connectivity index (χ0n) is 10.0. The van der Waals surface area contributed by atoms with Crippen LogP contribution in [0.1, 0.15) is 11.3 Å². The highest BCUT2D eigenvalue weighted by Crippen LogP contribution is 2.28. The van der Waals surface area contributed by atoms with Crippen LogP contribution in [0.15, 0.2) is 47.1 Å². The van der Waals surface area contributed by atoms with Gasteiger partial charge in [0.25, 0.3) is 5.69 Å². The first kappa shape index (κ1) is 13.6. The minimum atomic E-state index is -0.396. The molecule has 98 valence electrons. The van der Waals surface area contributed by atoms with Crippen molar-refractivity contribution in [2.75, 3.05) is 0 Å². The molecule has 0 bridgehead atoms. The maximum atomic E-state index is 10.8. The maximum Gasteiger partial charge on any atom is 0.283 e. The van der Waals surface area contributed by atoms with Crippen molar-refractivity contribution >= 4 is 21.6 Å². The van der Waals surface area contributed by atoms with Gasteiger partial charge in [0.2, 0.25) is 0 Å². The second-order valence-electron chi connectivity index (χ2n) is 3.93. The Balaban J connectivity index is 2.00. The number of hydrogen-bond donors (Lipinski definition) is 1. The molecular weight excluding hydrogens is 310 g/mol. The van der Waals surface area contributed by atoms with Crippen molar-refractivity contribution in [2.45, 2.75) is 13.1 Å². The number of nitro benzene ring substituents is 1. The number of pyridine rings is 1. The molecule has 0 unspecified atom stereocenters. The molecule has 1 aromatic heterocycles. The molecule has 19 heavy (non-hydrogen) atoms. The summed E-state index contributed by atoms with van der Waals surface area (Å²) in [6.45, 7) is 1.16. The van der Waals surface area contributed by atoms with Gasteiger partial charge in [-0.25, -0.2) is 0 Å². The average Bonchev–Trinajstić information content (AvgIpc) is 2.41. The van der Waals surface area contributed by atoms with Crippen molar-refractivity contribution in [3.05, 3.63) is 68.4 Å². The third-order valence-corrected chi connectivity index (χ3v) is 3.52. The van der Waals surface area contributed by atoms with Gasteiger partial charge in [-0.2, -0.15) is 0 Å². The lowest BCUT2D eigenvalue weighted by molar-refractivity contribution is -0.385. The van der Waals surface area contributed by atoms with Gasteiger partial charge in [-0.15, -0.1) is 0 Å². The van der Waals surface area contributed by atoms with Crippen molar-refractivity contribution in [2.24, 2.45) is 0 Å². The van der Waals surface area contributed by atoms with Crippen molar-refractivity contribution < 1.29 is 4.92 Å². The van der Waals surface area contributed by atoms with E-state index in [1.165, 1.54) is 6.07 Å². The van der Waals surface area contributed by atoms with Gasteiger partial charge in [0, 0.05) is 25.4 Å². The van der Waals surface area contributed by atoms with Gasteiger partial charge in [0.15, 0.2) is 0 Å². The van der Waals surface area contributed by atoms with Crippen LogP contribution in [0.4, 0.5) is 5.69 Å². The summed E-state index contributed by atoms with van der Waals surface area (Å²) in [4.78, 5) is 14.6. The highest BCUT2D eigenvalue weighted by Gasteiger charge is 2.14. The fraction of sp³-hybridized carbons (Fsp3) is 0.154. The third kappa shape index (κ3) is 3.59. The number of hydrogen-bond acceptors (Lipinski definition) is 4. The Morgan fingerprint density at radius 2 is 2.05 bits per heavy atom. The normalized spacial score (nSPS) is 10.4. The predicted octanol–water partition coefficient (Wildman–Crippen LogP) is 3.04. The predicted molar refractivity (Wildman–Crippen MR) is 75.6 cm³/mol. The summed E-state index contributed by atoms with van der Waals surface area (Å²) >= 11 is 3.27. The van der Waals surface area contributed by atoms with Gasteiger partial charge in [0.1, 0.15) is 0 Å². The summed E-state index contributed by atoms with van der Waals surface area (Å²) in [7, 11) is 0. The van der Waals surface area contributed by atoms with Crippen LogP contribution in [-0.2, 0) is 13.1 Å². The Morgan fingerprint density at radius 3 is 2.74 bits per heavy atom. The lowest BCUT2D eigenvalue weighted by Gasteiger charge is -2.06. The summed E-state index contributed by atoms with van der Waals surface area (Å²) in [6.07, 6.45) is 1.74. The summed E-state index contributed by atoms with van der Waals surface area (Å²) < 4.78 is 0.522. The van der Waals surface area contributed by atoms with E-state index in [0.717, 1.165) is 11.3 Å². The standard InChI is InChI=1S/C13H12BrN3O2/c14-13-10(4-3-6-12(13)17(18)19)8-15-9-11-5-1-2-7-16-11/h1-7,15H,8-9H2. The van der Waals surface area contributed by atoms with Crippen molar-refractivity contribution in [3.63, 3.8) is 0 Å². The molecule has 0 aliphatic heterocycles. The zero-order chi connectivity index (χ0) is 13.7. The van der Waals surface area contributed by atoms with Crippen LogP contribution >= 0.6 is 15.9 Å². The lowest BCUT2D eigenvalue weighted by Crippen LogP contribution is -2.14. The Kier molecular flexibility index (Phi) is 4.59.